The molecule has 0 aromatic heterocycles. The summed E-state index contributed by atoms with van der Waals surface area (Å²) >= 11 is 0. The molecule has 186 valence electrons. The quantitative estimate of drug-likeness (QED) is 0.220. The zero-order valence-electron chi connectivity index (χ0n) is 20.7. The first kappa shape index (κ1) is 27.4. The number of nitrogens with zero attached hydrogens (tertiary/aromatic N) is 1. The van der Waals surface area contributed by atoms with Crippen LogP contribution in [-0.4, -0.2) is 47.2 Å². The normalized spacial score (nSPS) is 17.9. The summed E-state index contributed by atoms with van der Waals surface area (Å²) in [6, 6.07) is 8.63. The van der Waals surface area contributed by atoms with Gasteiger partial charge in [-0.05, 0) is 18.6 Å². The fourth-order valence-corrected chi connectivity index (χ4v) is 4.67. The van der Waals surface area contributed by atoms with E-state index >= 15 is 0 Å². The number of ether oxygens (including phenoxy) is 1. The average Bonchev–Trinajstić information content (AvgIpc) is 3.25. The third-order valence-electron chi connectivity index (χ3n) is 6.68. The highest BCUT2D eigenvalue weighted by molar-refractivity contribution is 5.89. The Labute approximate surface area is 200 Å². The predicted molar refractivity (Wildman–Crippen MR) is 133 cm³/mol. The summed E-state index contributed by atoms with van der Waals surface area (Å²) < 4.78 is 5.59. The van der Waals surface area contributed by atoms with Crippen molar-refractivity contribution in [2.24, 2.45) is 0 Å². The highest BCUT2D eigenvalue weighted by Gasteiger charge is 2.36. The highest BCUT2D eigenvalue weighted by atomic mass is 16.5. The van der Waals surface area contributed by atoms with Crippen molar-refractivity contribution in [1.82, 2.24) is 4.90 Å². The maximum absolute atomic E-state index is 12.7. The highest BCUT2D eigenvalue weighted by Crippen LogP contribution is 2.23. The Morgan fingerprint density at radius 3 is 1.97 bits per heavy atom. The van der Waals surface area contributed by atoms with E-state index in [2.05, 4.69) is 6.92 Å². The number of amides is 1. The van der Waals surface area contributed by atoms with E-state index < -0.39 is 0 Å². The van der Waals surface area contributed by atoms with Crippen LogP contribution in [0.3, 0.4) is 0 Å². The van der Waals surface area contributed by atoms with Gasteiger partial charge in [0, 0.05) is 12.8 Å². The van der Waals surface area contributed by atoms with Gasteiger partial charge in [-0.15, -0.1) is 0 Å². The summed E-state index contributed by atoms with van der Waals surface area (Å²) in [6.07, 6.45) is 17.3. The minimum atomic E-state index is -0.372. The van der Waals surface area contributed by atoms with Gasteiger partial charge >= 0.3 is 5.97 Å². The Kier molecular flexibility index (Phi) is 13.8. The van der Waals surface area contributed by atoms with Gasteiger partial charge in [-0.25, -0.2) is 4.79 Å². The SMILES string of the molecule is CCCCCCCCCCCCCCCC(=O)N1C[C@H](OC(=O)c2ccccc2)CC1CO. The topological polar surface area (TPSA) is 66.8 Å². The molecule has 0 aliphatic carbocycles. The Hall–Kier alpha value is -1.88. The zero-order valence-corrected chi connectivity index (χ0v) is 20.7. The van der Waals surface area contributed by atoms with Crippen LogP contribution in [0.4, 0.5) is 0 Å². The monoisotopic (exact) mass is 459 g/mol. The first-order valence-electron chi connectivity index (χ1n) is 13.3. The number of aliphatic hydroxyl groups is 1. The number of hydrogen-bond donors (Lipinski definition) is 1. The molecule has 0 radical (unpaired) electrons. The summed E-state index contributed by atoms with van der Waals surface area (Å²) in [5.41, 5.74) is 0.509. The Morgan fingerprint density at radius 1 is 0.879 bits per heavy atom. The summed E-state index contributed by atoms with van der Waals surface area (Å²) in [5.74, 6) is -0.307. The van der Waals surface area contributed by atoms with Crippen molar-refractivity contribution in [2.75, 3.05) is 13.2 Å². The average molecular weight is 460 g/mol. The van der Waals surface area contributed by atoms with Crippen LogP contribution in [0.25, 0.3) is 0 Å². The van der Waals surface area contributed by atoms with Gasteiger partial charge in [-0.1, -0.05) is 102 Å². The van der Waals surface area contributed by atoms with E-state index in [1.165, 1.54) is 70.6 Å². The number of aliphatic hydroxyl groups excluding tert-OH is 1. The van der Waals surface area contributed by atoms with Crippen LogP contribution in [0.15, 0.2) is 30.3 Å². The summed E-state index contributed by atoms with van der Waals surface area (Å²) in [4.78, 5) is 26.7. The van der Waals surface area contributed by atoms with Crippen LogP contribution in [0.5, 0.6) is 0 Å². The molecule has 1 N–H and O–H groups in total. The molecule has 2 atom stereocenters. The molecule has 1 aliphatic heterocycles. The minimum absolute atomic E-state index is 0.0652. The van der Waals surface area contributed by atoms with Crippen molar-refractivity contribution in [3.63, 3.8) is 0 Å². The molecule has 0 bridgehead atoms. The third kappa shape index (κ3) is 10.7. The third-order valence-corrected chi connectivity index (χ3v) is 6.68. The first-order chi connectivity index (χ1) is 16.2. The number of rotatable bonds is 17. The molecular formula is C28H45NO4. The second-order valence-corrected chi connectivity index (χ2v) is 9.50. The van der Waals surface area contributed by atoms with Gasteiger partial charge in [0.15, 0.2) is 0 Å². The molecule has 1 aromatic rings. The Bertz CT molecular complexity index is 663. The van der Waals surface area contributed by atoms with Crippen molar-refractivity contribution >= 4 is 11.9 Å². The Balaban J connectivity index is 1.54. The first-order valence-corrected chi connectivity index (χ1v) is 13.3. The van der Waals surface area contributed by atoms with Gasteiger partial charge < -0.3 is 14.7 Å². The van der Waals surface area contributed by atoms with Crippen LogP contribution >= 0.6 is 0 Å². The molecule has 0 spiro atoms. The summed E-state index contributed by atoms with van der Waals surface area (Å²) in [7, 11) is 0. The standard InChI is InChI=1S/C28H45NO4/c1-2-3-4-5-6-7-8-9-10-11-12-13-17-20-27(31)29-22-26(21-25(29)23-30)33-28(32)24-18-15-14-16-19-24/h14-16,18-19,25-26,30H,2-13,17,20-23H2,1H3/t25?,26-/m1/s1. The second-order valence-electron chi connectivity index (χ2n) is 9.50. The van der Waals surface area contributed by atoms with Crippen LogP contribution < -0.4 is 0 Å². The molecule has 33 heavy (non-hydrogen) atoms. The van der Waals surface area contributed by atoms with E-state index in [0.29, 0.717) is 24.9 Å². The summed E-state index contributed by atoms with van der Waals surface area (Å²) in [6.45, 7) is 2.54. The molecule has 5 heteroatoms. The van der Waals surface area contributed by atoms with Gasteiger partial charge in [0.05, 0.1) is 24.8 Å². The molecule has 1 aliphatic rings. The van der Waals surface area contributed by atoms with E-state index in [0.717, 1.165) is 12.8 Å². The fraction of sp³-hybridized carbons (Fsp3) is 0.714. The maximum Gasteiger partial charge on any atom is 0.338 e. The van der Waals surface area contributed by atoms with Crippen molar-refractivity contribution in [1.29, 1.82) is 0 Å². The Morgan fingerprint density at radius 2 is 1.42 bits per heavy atom. The van der Waals surface area contributed by atoms with Crippen molar-refractivity contribution in [3.8, 4) is 0 Å². The van der Waals surface area contributed by atoms with Gasteiger partial charge in [-0.2, -0.15) is 0 Å². The lowest BCUT2D eigenvalue weighted by Gasteiger charge is -2.22. The number of esters is 1. The zero-order chi connectivity index (χ0) is 23.7. The fourth-order valence-electron chi connectivity index (χ4n) is 4.67. The lowest BCUT2D eigenvalue weighted by atomic mass is 10.0. The molecule has 1 fully saturated rings. The molecule has 5 nitrogen and oxygen atoms in total. The van der Waals surface area contributed by atoms with Crippen molar-refractivity contribution < 1.29 is 19.4 Å². The molecule has 1 unspecified atom stereocenters. The van der Waals surface area contributed by atoms with Gasteiger partial charge in [0.2, 0.25) is 5.91 Å². The lowest BCUT2D eigenvalue weighted by molar-refractivity contribution is -0.133. The van der Waals surface area contributed by atoms with E-state index in [9.17, 15) is 14.7 Å². The van der Waals surface area contributed by atoms with Gasteiger partial charge in [-0.3, -0.25) is 4.79 Å². The predicted octanol–water partition coefficient (Wildman–Crippen LogP) is 6.29. The minimum Gasteiger partial charge on any atom is -0.457 e. The van der Waals surface area contributed by atoms with Crippen molar-refractivity contribution in [3.05, 3.63) is 35.9 Å². The van der Waals surface area contributed by atoms with Crippen LogP contribution in [0.2, 0.25) is 0 Å². The smallest absolute Gasteiger partial charge is 0.338 e. The summed E-state index contributed by atoms with van der Waals surface area (Å²) in [5, 5.41) is 9.70. The van der Waals surface area contributed by atoms with Crippen molar-refractivity contribution in [2.45, 2.75) is 115 Å². The molecule has 1 heterocycles. The number of carbonyl (C=O) groups excluding carboxylic acids is 2. The van der Waals surface area contributed by atoms with E-state index in [4.69, 9.17) is 4.74 Å². The van der Waals surface area contributed by atoms with E-state index in [1.54, 1.807) is 29.2 Å². The lowest BCUT2D eigenvalue weighted by Crippen LogP contribution is -2.38. The van der Waals surface area contributed by atoms with E-state index in [1.807, 2.05) is 6.07 Å². The van der Waals surface area contributed by atoms with E-state index in [-0.39, 0.29) is 30.6 Å². The number of carbonyl (C=O) groups is 2. The number of unbranched alkanes of at least 4 members (excludes halogenated alkanes) is 12. The van der Waals surface area contributed by atoms with Crippen LogP contribution in [0, 0.1) is 0 Å². The molecule has 2 rings (SSSR count). The molecule has 1 saturated heterocycles. The van der Waals surface area contributed by atoms with Gasteiger partial charge in [0.25, 0.3) is 0 Å². The second kappa shape index (κ2) is 16.7. The number of likely N-dealkylation sites (tertiary alicyclic amines) is 1. The number of hydrogen-bond acceptors (Lipinski definition) is 4. The van der Waals surface area contributed by atoms with Gasteiger partial charge in [0.1, 0.15) is 6.10 Å². The molecule has 1 aromatic carbocycles. The maximum atomic E-state index is 12.7. The number of benzene rings is 1. The molecule has 0 saturated carbocycles. The van der Waals surface area contributed by atoms with Crippen LogP contribution in [-0.2, 0) is 9.53 Å². The molecular weight excluding hydrogens is 414 g/mol. The van der Waals surface area contributed by atoms with Crippen LogP contribution in [0.1, 0.15) is 114 Å². The molecule has 1 amide bonds. The largest absolute Gasteiger partial charge is 0.457 e.